The van der Waals surface area contributed by atoms with Crippen LogP contribution in [0.4, 0.5) is 17.6 Å². The van der Waals surface area contributed by atoms with Crippen molar-refractivity contribution in [1.29, 1.82) is 0 Å². The van der Waals surface area contributed by atoms with Crippen LogP contribution in [0.5, 0.6) is 0 Å². The molecule has 0 unspecified atom stereocenters. The van der Waals surface area contributed by atoms with Gasteiger partial charge in [-0.05, 0) is 29.3 Å². The van der Waals surface area contributed by atoms with Gasteiger partial charge in [-0.1, -0.05) is 24.3 Å². The first kappa shape index (κ1) is 15.0. The Bertz CT molecular complexity index is 660. The van der Waals surface area contributed by atoms with E-state index in [0.717, 1.165) is 18.2 Å². The molecule has 0 aliphatic rings. The lowest BCUT2D eigenvalue weighted by Crippen LogP contribution is -2.04. The van der Waals surface area contributed by atoms with E-state index < -0.39 is 23.5 Å². The van der Waals surface area contributed by atoms with Crippen LogP contribution in [0, 0.1) is 5.82 Å². The molecular formula is C15H10F4O2. The van der Waals surface area contributed by atoms with Crippen molar-refractivity contribution in [3.05, 3.63) is 59.4 Å². The van der Waals surface area contributed by atoms with E-state index in [1.54, 1.807) is 0 Å². The minimum atomic E-state index is -4.44. The van der Waals surface area contributed by atoms with Crippen LogP contribution in [-0.4, -0.2) is 11.1 Å². The van der Waals surface area contributed by atoms with Gasteiger partial charge in [-0.25, -0.2) is 4.39 Å². The minimum absolute atomic E-state index is 0.123. The lowest BCUT2D eigenvalue weighted by atomic mass is 10.0. The Morgan fingerprint density at radius 1 is 1.05 bits per heavy atom. The van der Waals surface area contributed by atoms with Crippen molar-refractivity contribution in [2.45, 2.75) is 12.6 Å². The summed E-state index contributed by atoms with van der Waals surface area (Å²) in [6.45, 7) is 0. The quantitative estimate of drug-likeness (QED) is 0.865. The molecule has 0 amide bonds. The van der Waals surface area contributed by atoms with Crippen molar-refractivity contribution >= 4 is 5.97 Å². The number of alkyl halides is 3. The molecule has 0 heterocycles. The summed E-state index contributed by atoms with van der Waals surface area (Å²) in [5.41, 5.74) is -0.106. The predicted molar refractivity (Wildman–Crippen MR) is 68.2 cm³/mol. The molecule has 0 aromatic heterocycles. The summed E-state index contributed by atoms with van der Waals surface area (Å²) in [5, 5.41) is 8.62. The topological polar surface area (TPSA) is 37.3 Å². The molecule has 21 heavy (non-hydrogen) atoms. The number of carboxylic acids is 1. The van der Waals surface area contributed by atoms with Gasteiger partial charge in [0, 0.05) is 5.56 Å². The third kappa shape index (κ3) is 3.59. The Labute approximate surface area is 117 Å². The standard InChI is InChI=1S/C15H10F4O2/c16-13-7-9(8-14(20)21)1-6-12(13)10-2-4-11(5-3-10)15(17,18)19/h1-7H,8H2,(H,20,21). The van der Waals surface area contributed by atoms with Crippen LogP contribution in [0.25, 0.3) is 11.1 Å². The number of benzene rings is 2. The molecule has 2 nitrogen and oxygen atoms in total. The zero-order valence-electron chi connectivity index (χ0n) is 10.6. The van der Waals surface area contributed by atoms with E-state index >= 15 is 0 Å². The van der Waals surface area contributed by atoms with Crippen LogP contribution >= 0.6 is 0 Å². The second kappa shape index (κ2) is 5.55. The molecule has 2 aromatic carbocycles. The van der Waals surface area contributed by atoms with E-state index in [9.17, 15) is 22.4 Å². The minimum Gasteiger partial charge on any atom is -0.481 e. The molecule has 0 spiro atoms. The fourth-order valence-electron chi connectivity index (χ4n) is 1.92. The third-order valence-corrected chi connectivity index (χ3v) is 2.91. The second-order valence-corrected chi connectivity index (χ2v) is 4.46. The predicted octanol–water partition coefficient (Wildman–Crippen LogP) is 4.14. The van der Waals surface area contributed by atoms with E-state index in [-0.39, 0.29) is 17.5 Å². The van der Waals surface area contributed by atoms with Crippen LogP contribution in [0.2, 0.25) is 0 Å². The average Bonchev–Trinajstić information content (AvgIpc) is 2.37. The monoisotopic (exact) mass is 298 g/mol. The Morgan fingerprint density at radius 2 is 1.67 bits per heavy atom. The number of hydrogen-bond acceptors (Lipinski definition) is 1. The highest BCUT2D eigenvalue weighted by atomic mass is 19.4. The van der Waals surface area contributed by atoms with Crippen molar-refractivity contribution in [2.75, 3.05) is 0 Å². The van der Waals surface area contributed by atoms with E-state index in [1.807, 2.05) is 0 Å². The summed E-state index contributed by atoms with van der Waals surface area (Å²) in [4.78, 5) is 10.5. The molecule has 0 saturated carbocycles. The maximum Gasteiger partial charge on any atom is 0.416 e. The zero-order valence-corrected chi connectivity index (χ0v) is 10.6. The molecule has 0 atom stereocenters. The smallest absolute Gasteiger partial charge is 0.416 e. The van der Waals surface area contributed by atoms with Crippen molar-refractivity contribution in [2.24, 2.45) is 0 Å². The summed E-state index contributed by atoms with van der Waals surface area (Å²) in [6.07, 6.45) is -4.76. The maximum absolute atomic E-state index is 13.9. The van der Waals surface area contributed by atoms with Gasteiger partial charge in [-0.3, -0.25) is 4.79 Å². The van der Waals surface area contributed by atoms with Gasteiger partial charge in [0.15, 0.2) is 0 Å². The van der Waals surface area contributed by atoms with Crippen molar-refractivity contribution in [3.8, 4) is 11.1 Å². The van der Waals surface area contributed by atoms with Gasteiger partial charge in [-0.15, -0.1) is 0 Å². The molecular weight excluding hydrogens is 288 g/mol. The highest BCUT2D eigenvalue weighted by molar-refractivity contribution is 5.71. The molecule has 0 bridgehead atoms. The van der Waals surface area contributed by atoms with Crippen molar-refractivity contribution in [1.82, 2.24) is 0 Å². The molecule has 110 valence electrons. The van der Waals surface area contributed by atoms with Gasteiger partial charge in [0.25, 0.3) is 0 Å². The number of rotatable bonds is 3. The second-order valence-electron chi connectivity index (χ2n) is 4.46. The van der Waals surface area contributed by atoms with Crippen LogP contribution in [-0.2, 0) is 17.4 Å². The first-order valence-electron chi connectivity index (χ1n) is 5.95. The lowest BCUT2D eigenvalue weighted by molar-refractivity contribution is -0.138. The number of carbonyl (C=O) groups is 1. The maximum atomic E-state index is 13.9. The largest absolute Gasteiger partial charge is 0.481 e. The molecule has 2 aromatic rings. The van der Waals surface area contributed by atoms with Crippen molar-refractivity contribution in [3.63, 3.8) is 0 Å². The summed E-state index contributed by atoms with van der Waals surface area (Å²) >= 11 is 0. The number of carboxylic acid groups (broad SMARTS) is 1. The molecule has 0 aliphatic carbocycles. The van der Waals surface area contributed by atoms with Crippen LogP contribution in [0.1, 0.15) is 11.1 Å². The van der Waals surface area contributed by atoms with Gasteiger partial charge >= 0.3 is 12.1 Å². The third-order valence-electron chi connectivity index (χ3n) is 2.91. The molecule has 2 rings (SSSR count). The lowest BCUT2D eigenvalue weighted by Gasteiger charge is -2.09. The molecule has 0 radical (unpaired) electrons. The van der Waals surface area contributed by atoms with Crippen LogP contribution < -0.4 is 0 Å². The Balaban J connectivity index is 2.32. The van der Waals surface area contributed by atoms with E-state index in [0.29, 0.717) is 5.56 Å². The zero-order chi connectivity index (χ0) is 15.6. The fourth-order valence-corrected chi connectivity index (χ4v) is 1.92. The first-order chi connectivity index (χ1) is 9.77. The Hall–Kier alpha value is -2.37. The normalized spacial score (nSPS) is 11.4. The highest BCUT2D eigenvalue weighted by Gasteiger charge is 2.30. The van der Waals surface area contributed by atoms with Crippen LogP contribution in [0.15, 0.2) is 42.5 Å². The summed E-state index contributed by atoms with van der Waals surface area (Å²) < 4.78 is 51.2. The Kier molecular flexibility index (Phi) is 3.97. The summed E-state index contributed by atoms with van der Waals surface area (Å²) in [7, 11) is 0. The van der Waals surface area contributed by atoms with Crippen LogP contribution in [0.3, 0.4) is 0 Å². The average molecular weight is 298 g/mol. The van der Waals surface area contributed by atoms with E-state index in [2.05, 4.69) is 0 Å². The molecule has 0 saturated heterocycles. The molecule has 1 N–H and O–H groups in total. The Morgan fingerprint density at radius 3 is 2.14 bits per heavy atom. The SMILES string of the molecule is O=C(O)Cc1ccc(-c2ccc(C(F)(F)F)cc2)c(F)c1. The van der Waals surface area contributed by atoms with E-state index in [4.69, 9.17) is 5.11 Å². The van der Waals surface area contributed by atoms with Gasteiger partial charge in [0.2, 0.25) is 0 Å². The molecule has 0 aliphatic heterocycles. The van der Waals surface area contributed by atoms with Gasteiger partial charge in [0.1, 0.15) is 5.82 Å². The van der Waals surface area contributed by atoms with Gasteiger partial charge < -0.3 is 5.11 Å². The van der Waals surface area contributed by atoms with E-state index in [1.165, 1.54) is 24.3 Å². The van der Waals surface area contributed by atoms with Gasteiger partial charge in [0.05, 0.1) is 12.0 Å². The van der Waals surface area contributed by atoms with Crippen molar-refractivity contribution < 1.29 is 27.5 Å². The molecule has 0 fully saturated rings. The highest BCUT2D eigenvalue weighted by Crippen LogP contribution is 2.31. The molecule has 6 heteroatoms. The number of hydrogen-bond donors (Lipinski definition) is 1. The number of aliphatic carboxylic acids is 1. The number of halogens is 4. The van der Waals surface area contributed by atoms with Gasteiger partial charge in [-0.2, -0.15) is 13.2 Å². The fraction of sp³-hybridized carbons (Fsp3) is 0.133. The summed E-state index contributed by atoms with van der Waals surface area (Å²) in [6, 6.07) is 7.97. The first-order valence-corrected chi connectivity index (χ1v) is 5.95. The summed E-state index contributed by atoms with van der Waals surface area (Å²) in [5.74, 6) is -1.76.